The molecular weight excluding hydrogens is 480 g/mol. The number of thiophene rings is 1. The number of hydrogen-bond acceptors (Lipinski definition) is 5. The minimum absolute atomic E-state index is 0.154. The molecule has 0 radical (unpaired) electrons. The summed E-state index contributed by atoms with van der Waals surface area (Å²) in [6.07, 6.45) is 1.27. The molecule has 4 aromatic rings. The number of para-hydroxylation sites is 2. The second kappa shape index (κ2) is 8.90. The van der Waals surface area contributed by atoms with Crippen LogP contribution in [0.4, 0.5) is 5.69 Å². The number of amides is 1. The van der Waals surface area contributed by atoms with Crippen LogP contribution in [0.15, 0.2) is 64.9 Å². The summed E-state index contributed by atoms with van der Waals surface area (Å²) >= 11 is 6.94. The first-order chi connectivity index (χ1) is 15.9. The summed E-state index contributed by atoms with van der Waals surface area (Å²) < 4.78 is 27.8. The Balaban J connectivity index is 1.26. The third-order valence-corrected chi connectivity index (χ3v) is 9.28. The topological polar surface area (TPSA) is 95.2 Å². The van der Waals surface area contributed by atoms with Gasteiger partial charge in [-0.1, -0.05) is 23.7 Å². The SMILES string of the molecule is O=C(Nc1ccc(-c2nc3ccccc3[nH]2)cc1)C1CCCN(S(=O)(=O)c2ccc(Cl)s2)C1. The fraction of sp³-hybridized carbons (Fsp3) is 0.217. The van der Waals surface area contributed by atoms with Gasteiger partial charge in [0, 0.05) is 24.3 Å². The van der Waals surface area contributed by atoms with Crippen LogP contribution < -0.4 is 5.32 Å². The van der Waals surface area contributed by atoms with E-state index in [9.17, 15) is 13.2 Å². The highest BCUT2D eigenvalue weighted by Crippen LogP contribution is 2.31. The van der Waals surface area contributed by atoms with E-state index >= 15 is 0 Å². The van der Waals surface area contributed by atoms with Gasteiger partial charge in [-0.2, -0.15) is 4.31 Å². The number of H-pyrrole nitrogens is 1. The van der Waals surface area contributed by atoms with Gasteiger partial charge in [-0.15, -0.1) is 11.3 Å². The number of imidazole rings is 1. The molecule has 1 aliphatic rings. The number of rotatable bonds is 5. The minimum Gasteiger partial charge on any atom is -0.338 e. The second-order valence-corrected chi connectivity index (χ2v) is 11.8. The number of piperidine rings is 1. The van der Waals surface area contributed by atoms with Crippen LogP contribution in [-0.2, 0) is 14.8 Å². The van der Waals surface area contributed by atoms with Crippen molar-refractivity contribution in [2.24, 2.45) is 5.92 Å². The van der Waals surface area contributed by atoms with Gasteiger partial charge in [0.1, 0.15) is 10.0 Å². The quantitative estimate of drug-likeness (QED) is 0.404. The summed E-state index contributed by atoms with van der Waals surface area (Å²) in [6, 6.07) is 18.3. The summed E-state index contributed by atoms with van der Waals surface area (Å²) in [5, 5.41) is 2.92. The highest BCUT2D eigenvalue weighted by molar-refractivity contribution is 7.91. The summed E-state index contributed by atoms with van der Waals surface area (Å²) in [7, 11) is -3.65. The van der Waals surface area contributed by atoms with Crippen LogP contribution in [0.1, 0.15) is 12.8 Å². The first kappa shape index (κ1) is 22.1. The molecular formula is C23H21ClN4O3S2. The minimum atomic E-state index is -3.65. The molecule has 5 rings (SSSR count). The standard InChI is InChI=1S/C23H21ClN4O3S2/c24-20-11-12-21(32-20)33(30,31)28-13-3-4-16(14-28)23(29)25-17-9-7-15(8-10-17)22-26-18-5-1-2-6-19(18)27-22/h1-2,5-12,16H,3-4,13-14H2,(H,25,29)(H,26,27). The van der Waals surface area contributed by atoms with Gasteiger partial charge in [0.15, 0.2) is 0 Å². The van der Waals surface area contributed by atoms with Gasteiger partial charge in [0.05, 0.1) is 21.3 Å². The van der Waals surface area contributed by atoms with Crippen molar-refractivity contribution in [3.8, 4) is 11.4 Å². The largest absolute Gasteiger partial charge is 0.338 e. The molecule has 2 aromatic carbocycles. The summed E-state index contributed by atoms with van der Waals surface area (Å²) in [5.74, 6) is 0.158. The molecule has 1 unspecified atom stereocenters. The van der Waals surface area contributed by atoms with E-state index in [1.54, 1.807) is 6.07 Å². The van der Waals surface area contributed by atoms with E-state index in [0.717, 1.165) is 33.8 Å². The van der Waals surface area contributed by atoms with Gasteiger partial charge in [-0.3, -0.25) is 4.79 Å². The average Bonchev–Trinajstić information content (AvgIpc) is 3.46. The lowest BCUT2D eigenvalue weighted by Gasteiger charge is -2.30. The maximum Gasteiger partial charge on any atom is 0.252 e. The molecule has 0 saturated carbocycles. The van der Waals surface area contributed by atoms with Gasteiger partial charge in [-0.25, -0.2) is 13.4 Å². The molecule has 0 spiro atoms. The summed E-state index contributed by atoms with van der Waals surface area (Å²) in [4.78, 5) is 20.8. The molecule has 1 atom stereocenters. The Morgan fingerprint density at radius 1 is 1.12 bits per heavy atom. The first-order valence-corrected chi connectivity index (χ1v) is 13.2. The Kier molecular flexibility index (Phi) is 5.96. The molecule has 1 fully saturated rings. The number of benzene rings is 2. The van der Waals surface area contributed by atoms with Crippen LogP contribution >= 0.6 is 22.9 Å². The van der Waals surface area contributed by atoms with Gasteiger partial charge in [0.2, 0.25) is 5.91 Å². The number of aromatic amines is 1. The summed E-state index contributed by atoms with van der Waals surface area (Å²) in [6.45, 7) is 0.550. The maximum absolute atomic E-state index is 12.9. The highest BCUT2D eigenvalue weighted by atomic mass is 35.5. The molecule has 0 aliphatic carbocycles. The second-order valence-electron chi connectivity index (χ2n) is 7.93. The number of aromatic nitrogens is 2. The molecule has 2 N–H and O–H groups in total. The van der Waals surface area contributed by atoms with E-state index in [-0.39, 0.29) is 16.7 Å². The zero-order valence-electron chi connectivity index (χ0n) is 17.5. The molecule has 1 aliphatic heterocycles. The molecule has 0 bridgehead atoms. The zero-order valence-corrected chi connectivity index (χ0v) is 19.9. The Bertz CT molecular complexity index is 1380. The molecule has 1 saturated heterocycles. The molecule has 170 valence electrons. The zero-order chi connectivity index (χ0) is 23.0. The first-order valence-electron chi connectivity index (χ1n) is 10.5. The molecule has 1 amide bonds. The number of hydrogen-bond donors (Lipinski definition) is 2. The number of halogens is 1. The monoisotopic (exact) mass is 500 g/mol. The number of nitrogens with zero attached hydrogens (tertiary/aromatic N) is 2. The van der Waals surface area contributed by atoms with Gasteiger partial charge < -0.3 is 10.3 Å². The Morgan fingerprint density at radius 3 is 2.64 bits per heavy atom. The number of sulfonamides is 1. The highest BCUT2D eigenvalue weighted by Gasteiger charge is 2.34. The maximum atomic E-state index is 12.9. The number of carbonyl (C=O) groups excluding carboxylic acids is 1. The predicted molar refractivity (Wildman–Crippen MR) is 131 cm³/mol. The van der Waals surface area contributed by atoms with E-state index in [2.05, 4.69) is 15.3 Å². The Labute approximate surface area is 200 Å². The van der Waals surface area contributed by atoms with E-state index < -0.39 is 15.9 Å². The average molecular weight is 501 g/mol. The number of carbonyl (C=O) groups is 1. The third kappa shape index (κ3) is 4.54. The normalized spacial score (nSPS) is 17.3. The van der Waals surface area contributed by atoms with Crippen LogP contribution in [0.3, 0.4) is 0 Å². The van der Waals surface area contributed by atoms with Gasteiger partial charge in [0.25, 0.3) is 10.0 Å². The van der Waals surface area contributed by atoms with Crippen molar-refractivity contribution < 1.29 is 13.2 Å². The molecule has 3 heterocycles. The van der Waals surface area contributed by atoms with Crippen molar-refractivity contribution in [3.63, 3.8) is 0 Å². The Hall–Kier alpha value is -2.72. The van der Waals surface area contributed by atoms with Crippen LogP contribution in [0, 0.1) is 5.92 Å². The van der Waals surface area contributed by atoms with Crippen LogP contribution in [0.5, 0.6) is 0 Å². The number of fused-ring (bicyclic) bond motifs is 1. The van der Waals surface area contributed by atoms with E-state index in [1.165, 1.54) is 10.4 Å². The van der Waals surface area contributed by atoms with Crippen molar-refractivity contribution >= 4 is 55.6 Å². The molecule has 7 nitrogen and oxygen atoms in total. The molecule has 33 heavy (non-hydrogen) atoms. The fourth-order valence-electron chi connectivity index (χ4n) is 3.98. The lowest BCUT2D eigenvalue weighted by Crippen LogP contribution is -2.43. The smallest absolute Gasteiger partial charge is 0.252 e. The number of anilines is 1. The lowest BCUT2D eigenvalue weighted by atomic mass is 9.98. The van der Waals surface area contributed by atoms with E-state index in [1.807, 2.05) is 48.5 Å². The van der Waals surface area contributed by atoms with Gasteiger partial charge in [-0.05, 0) is 61.4 Å². The van der Waals surface area contributed by atoms with E-state index in [4.69, 9.17) is 11.6 Å². The van der Waals surface area contributed by atoms with Crippen molar-refractivity contribution in [2.45, 2.75) is 17.1 Å². The lowest BCUT2D eigenvalue weighted by molar-refractivity contribution is -0.120. The van der Waals surface area contributed by atoms with Crippen LogP contribution in [-0.4, -0.2) is 41.7 Å². The van der Waals surface area contributed by atoms with Crippen LogP contribution in [0.2, 0.25) is 4.34 Å². The Morgan fingerprint density at radius 2 is 1.91 bits per heavy atom. The van der Waals surface area contributed by atoms with Crippen LogP contribution in [0.25, 0.3) is 22.4 Å². The molecule has 2 aromatic heterocycles. The fourth-order valence-corrected chi connectivity index (χ4v) is 7.14. The van der Waals surface area contributed by atoms with Crippen molar-refractivity contribution in [3.05, 3.63) is 65.0 Å². The molecule has 10 heteroatoms. The van der Waals surface area contributed by atoms with E-state index in [0.29, 0.717) is 29.4 Å². The third-order valence-electron chi connectivity index (χ3n) is 5.71. The van der Waals surface area contributed by atoms with Crippen molar-refractivity contribution in [1.82, 2.24) is 14.3 Å². The summed E-state index contributed by atoms with van der Waals surface area (Å²) in [5.41, 5.74) is 3.43. The predicted octanol–water partition coefficient (Wildman–Crippen LogP) is 4.98. The van der Waals surface area contributed by atoms with Crippen molar-refractivity contribution in [2.75, 3.05) is 18.4 Å². The van der Waals surface area contributed by atoms with Crippen molar-refractivity contribution in [1.29, 1.82) is 0 Å². The number of nitrogens with one attached hydrogen (secondary N) is 2. The van der Waals surface area contributed by atoms with Gasteiger partial charge >= 0.3 is 0 Å².